The Morgan fingerprint density at radius 2 is 1.34 bits per heavy atom. The van der Waals surface area contributed by atoms with Crippen molar-refractivity contribution in [1.29, 1.82) is 0 Å². The van der Waals surface area contributed by atoms with Crippen molar-refractivity contribution in [2.75, 3.05) is 0 Å². The molecule has 0 aliphatic heterocycles. The molecule has 0 radical (unpaired) electrons. The van der Waals surface area contributed by atoms with Crippen LogP contribution in [-0.4, -0.2) is 39.8 Å². The Bertz CT molecular complexity index is 856. The van der Waals surface area contributed by atoms with E-state index in [1.54, 1.807) is 0 Å². The normalized spacial score (nSPS) is 12.4. The van der Waals surface area contributed by atoms with Crippen LogP contribution in [0.3, 0.4) is 0 Å². The average Bonchev–Trinajstić information content (AvgIpc) is 2.67. The van der Waals surface area contributed by atoms with Crippen LogP contribution < -0.4 is 10.6 Å². The molecule has 29 heavy (non-hydrogen) atoms. The van der Waals surface area contributed by atoms with Gasteiger partial charge >= 0.3 is 5.97 Å². The van der Waals surface area contributed by atoms with Crippen LogP contribution in [-0.2, 0) is 27.2 Å². The van der Waals surface area contributed by atoms with Crippen LogP contribution in [0.4, 0.5) is 0 Å². The summed E-state index contributed by atoms with van der Waals surface area (Å²) in [7, 11) is 0. The third kappa shape index (κ3) is 7.83. The van der Waals surface area contributed by atoms with Crippen LogP contribution in [0.2, 0.25) is 0 Å². The molecule has 0 unspecified atom stereocenters. The maximum Gasteiger partial charge on any atom is 0.326 e. The van der Waals surface area contributed by atoms with Gasteiger partial charge in [0, 0.05) is 12.8 Å². The standard InChI is InChI=1S/C22H24N2O4S/c1-15(25)12-20(29)23-18(13-16-8-4-2-5-9-16)21(26)24-19(22(27)28)14-17-10-6-3-7-11-17/h2-11,18-19H,12-14H2,1H3,(H,23,29)(H,24,26)(H,27,28)/t18-,19-/m0/s1. The number of ketones is 1. The highest BCUT2D eigenvalue weighted by Crippen LogP contribution is 2.07. The van der Waals surface area contributed by atoms with Crippen molar-refractivity contribution in [2.45, 2.75) is 38.3 Å². The molecular weight excluding hydrogens is 388 g/mol. The summed E-state index contributed by atoms with van der Waals surface area (Å²) in [4.78, 5) is 36.2. The molecule has 152 valence electrons. The Hall–Kier alpha value is -3.06. The number of carboxylic acid groups (broad SMARTS) is 1. The summed E-state index contributed by atoms with van der Waals surface area (Å²) in [5.74, 6) is -1.72. The molecular formula is C22H24N2O4S. The maximum absolute atomic E-state index is 12.9. The molecule has 0 spiro atoms. The summed E-state index contributed by atoms with van der Waals surface area (Å²) in [5.41, 5.74) is 1.69. The highest BCUT2D eigenvalue weighted by Gasteiger charge is 2.26. The molecule has 1 amide bonds. The predicted octanol–water partition coefficient (Wildman–Crippen LogP) is 2.31. The number of amides is 1. The van der Waals surface area contributed by atoms with Gasteiger partial charge in [0.15, 0.2) is 0 Å². The minimum absolute atomic E-state index is 0.0281. The van der Waals surface area contributed by atoms with E-state index < -0.39 is 24.0 Å². The largest absolute Gasteiger partial charge is 0.480 e. The number of Topliss-reactive ketones (excluding diaryl/α,β-unsaturated/α-hetero) is 1. The number of hydrogen-bond acceptors (Lipinski definition) is 4. The number of carbonyl (C=O) groups excluding carboxylic acids is 2. The van der Waals surface area contributed by atoms with Gasteiger partial charge in [-0.1, -0.05) is 72.9 Å². The van der Waals surface area contributed by atoms with Crippen LogP contribution >= 0.6 is 12.2 Å². The number of carbonyl (C=O) groups is 3. The van der Waals surface area contributed by atoms with Gasteiger partial charge in [-0.15, -0.1) is 0 Å². The predicted molar refractivity (Wildman–Crippen MR) is 115 cm³/mol. The molecule has 0 saturated heterocycles. The Balaban J connectivity index is 2.13. The fourth-order valence-corrected chi connectivity index (χ4v) is 3.20. The van der Waals surface area contributed by atoms with Crippen molar-refractivity contribution in [2.24, 2.45) is 0 Å². The van der Waals surface area contributed by atoms with Crippen LogP contribution in [0.1, 0.15) is 24.5 Å². The second-order valence-corrected chi connectivity index (χ2v) is 7.27. The molecule has 0 heterocycles. The molecule has 2 rings (SSSR count). The Morgan fingerprint density at radius 1 is 0.862 bits per heavy atom. The van der Waals surface area contributed by atoms with E-state index in [2.05, 4.69) is 10.6 Å². The lowest BCUT2D eigenvalue weighted by Gasteiger charge is -2.22. The molecule has 7 heteroatoms. The number of benzene rings is 2. The fourth-order valence-electron chi connectivity index (χ4n) is 2.85. The molecule has 0 aromatic heterocycles. The monoisotopic (exact) mass is 412 g/mol. The van der Waals surface area contributed by atoms with E-state index in [4.69, 9.17) is 12.2 Å². The first-order valence-corrected chi connectivity index (χ1v) is 9.66. The summed E-state index contributed by atoms with van der Waals surface area (Å²) in [6, 6.07) is 16.5. The summed E-state index contributed by atoms with van der Waals surface area (Å²) in [6.45, 7) is 1.42. The Labute approximate surface area is 175 Å². The second kappa shape index (κ2) is 11.1. The quantitative estimate of drug-likeness (QED) is 0.519. The van der Waals surface area contributed by atoms with E-state index >= 15 is 0 Å². The fraction of sp³-hybridized carbons (Fsp3) is 0.273. The molecule has 0 fully saturated rings. The van der Waals surface area contributed by atoms with Gasteiger partial charge in [0.05, 0.1) is 11.4 Å². The van der Waals surface area contributed by atoms with Gasteiger partial charge in [0.1, 0.15) is 17.9 Å². The third-order valence-electron chi connectivity index (χ3n) is 4.24. The molecule has 2 aromatic carbocycles. The van der Waals surface area contributed by atoms with E-state index in [9.17, 15) is 19.5 Å². The molecule has 0 bridgehead atoms. The van der Waals surface area contributed by atoms with E-state index in [1.165, 1.54) is 6.92 Å². The van der Waals surface area contributed by atoms with Crippen LogP contribution in [0.5, 0.6) is 0 Å². The number of hydrogen-bond donors (Lipinski definition) is 3. The Kier molecular flexibility index (Phi) is 8.48. The molecule has 2 atom stereocenters. The van der Waals surface area contributed by atoms with Gasteiger partial charge in [-0.3, -0.25) is 9.59 Å². The highest BCUT2D eigenvalue weighted by molar-refractivity contribution is 7.80. The summed E-state index contributed by atoms with van der Waals surface area (Å²) in [5, 5.41) is 15.1. The van der Waals surface area contributed by atoms with Gasteiger partial charge in [-0.2, -0.15) is 0 Å². The van der Waals surface area contributed by atoms with Crippen LogP contribution in [0.25, 0.3) is 0 Å². The number of rotatable bonds is 10. The molecule has 3 N–H and O–H groups in total. The molecule has 2 aromatic rings. The lowest BCUT2D eigenvalue weighted by Crippen LogP contribution is -2.53. The first-order chi connectivity index (χ1) is 13.8. The van der Waals surface area contributed by atoms with E-state index in [1.807, 2.05) is 60.7 Å². The average molecular weight is 413 g/mol. The van der Waals surface area contributed by atoms with Crippen LogP contribution in [0.15, 0.2) is 60.7 Å². The SMILES string of the molecule is CC(=O)CC(=S)N[C@@H](Cc1ccccc1)C(=O)N[C@@H](Cc1ccccc1)C(=O)O. The first-order valence-electron chi connectivity index (χ1n) is 9.25. The lowest BCUT2D eigenvalue weighted by molar-refractivity contribution is -0.142. The van der Waals surface area contributed by atoms with Crippen LogP contribution in [0, 0.1) is 0 Å². The highest BCUT2D eigenvalue weighted by atomic mass is 32.1. The van der Waals surface area contributed by atoms with Gasteiger partial charge in [0.25, 0.3) is 0 Å². The van der Waals surface area contributed by atoms with Crippen molar-refractivity contribution in [3.8, 4) is 0 Å². The lowest BCUT2D eigenvalue weighted by atomic mass is 10.0. The minimum atomic E-state index is -1.12. The van der Waals surface area contributed by atoms with E-state index in [-0.39, 0.29) is 23.6 Å². The zero-order valence-corrected chi connectivity index (χ0v) is 16.9. The van der Waals surface area contributed by atoms with E-state index in [0.717, 1.165) is 11.1 Å². The third-order valence-corrected chi connectivity index (χ3v) is 4.50. The topological polar surface area (TPSA) is 95.5 Å². The van der Waals surface area contributed by atoms with E-state index in [0.29, 0.717) is 6.42 Å². The van der Waals surface area contributed by atoms with Crippen molar-refractivity contribution in [1.82, 2.24) is 10.6 Å². The van der Waals surface area contributed by atoms with Crippen molar-refractivity contribution in [3.05, 3.63) is 71.8 Å². The van der Waals surface area contributed by atoms with Crippen molar-refractivity contribution >= 4 is 34.9 Å². The van der Waals surface area contributed by atoms with Gasteiger partial charge < -0.3 is 15.7 Å². The Morgan fingerprint density at radius 3 is 1.79 bits per heavy atom. The zero-order valence-electron chi connectivity index (χ0n) is 16.1. The van der Waals surface area contributed by atoms with Crippen molar-refractivity contribution < 1.29 is 19.5 Å². The van der Waals surface area contributed by atoms with Gasteiger partial charge in [-0.05, 0) is 18.1 Å². The second-order valence-electron chi connectivity index (χ2n) is 6.78. The molecule has 6 nitrogen and oxygen atoms in total. The number of nitrogens with one attached hydrogen (secondary N) is 2. The van der Waals surface area contributed by atoms with Crippen molar-refractivity contribution in [3.63, 3.8) is 0 Å². The molecule has 0 aliphatic rings. The zero-order chi connectivity index (χ0) is 21.2. The summed E-state index contributed by atoms with van der Waals surface area (Å²) < 4.78 is 0. The number of carboxylic acids is 1. The molecule has 0 saturated carbocycles. The minimum Gasteiger partial charge on any atom is -0.480 e. The van der Waals surface area contributed by atoms with Gasteiger partial charge in [0.2, 0.25) is 5.91 Å². The number of thiocarbonyl (C=S) groups is 1. The number of aliphatic carboxylic acids is 1. The van der Waals surface area contributed by atoms with Gasteiger partial charge in [-0.25, -0.2) is 4.79 Å². The maximum atomic E-state index is 12.9. The molecule has 0 aliphatic carbocycles. The summed E-state index contributed by atoms with van der Waals surface area (Å²) in [6.07, 6.45) is 0.501. The first kappa shape index (κ1) is 22.2. The summed E-state index contributed by atoms with van der Waals surface area (Å²) >= 11 is 5.18. The smallest absolute Gasteiger partial charge is 0.326 e.